The molecule has 0 radical (unpaired) electrons. The summed E-state index contributed by atoms with van der Waals surface area (Å²) >= 11 is 0. The molecule has 0 aromatic rings. The van der Waals surface area contributed by atoms with Crippen LogP contribution in [0.15, 0.2) is 11.6 Å². The second-order valence-electron chi connectivity index (χ2n) is 5.86. The van der Waals surface area contributed by atoms with Gasteiger partial charge in [-0.15, -0.1) is 0 Å². The van der Waals surface area contributed by atoms with Crippen molar-refractivity contribution < 1.29 is 19.4 Å². The summed E-state index contributed by atoms with van der Waals surface area (Å²) in [5.41, 5.74) is 1.22. The zero-order valence-electron chi connectivity index (χ0n) is 12.6. The maximum Gasteiger partial charge on any atom is 0.305 e. The number of ether oxygens (including phenoxy) is 1. The summed E-state index contributed by atoms with van der Waals surface area (Å²) < 4.78 is 5.34. The molecular formula is C16H25NO4. The smallest absolute Gasteiger partial charge is 0.305 e. The number of aliphatic carboxylic acids is 1. The van der Waals surface area contributed by atoms with E-state index in [-0.39, 0.29) is 18.4 Å². The number of carboxylic acids is 1. The molecule has 0 spiro atoms. The number of carbonyl (C=O) groups is 2. The number of hydrogen-bond acceptors (Lipinski definition) is 3. The minimum absolute atomic E-state index is 0.0160. The van der Waals surface area contributed by atoms with Gasteiger partial charge in [-0.1, -0.05) is 11.6 Å². The average Bonchev–Trinajstić information content (AvgIpc) is 2.49. The summed E-state index contributed by atoms with van der Waals surface area (Å²) in [5.74, 6) is -0.770. The number of amides is 1. The number of nitrogens with zero attached hydrogens (tertiary/aromatic N) is 1. The van der Waals surface area contributed by atoms with Crippen LogP contribution in [0.25, 0.3) is 0 Å². The van der Waals surface area contributed by atoms with Gasteiger partial charge in [-0.2, -0.15) is 0 Å². The van der Waals surface area contributed by atoms with E-state index in [4.69, 9.17) is 9.84 Å². The Morgan fingerprint density at radius 2 is 2.05 bits per heavy atom. The van der Waals surface area contributed by atoms with Crippen LogP contribution in [0.1, 0.15) is 51.4 Å². The van der Waals surface area contributed by atoms with Crippen molar-refractivity contribution in [2.45, 2.75) is 57.4 Å². The first-order chi connectivity index (χ1) is 10.2. The molecule has 0 aromatic carbocycles. The Morgan fingerprint density at radius 3 is 2.67 bits per heavy atom. The van der Waals surface area contributed by atoms with Crippen LogP contribution in [0.2, 0.25) is 0 Å². The van der Waals surface area contributed by atoms with E-state index in [2.05, 4.69) is 6.08 Å². The molecule has 0 atom stereocenters. The van der Waals surface area contributed by atoms with E-state index in [1.54, 1.807) is 4.90 Å². The standard InChI is InChI=1S/C16H25NO4/c18-15(12-13-4-2-1-3-5-13)17(9-6-16(19)20)14-7-10-21-11-8-14/h4,14H,1-3,5-12H2,(H,19,20). The lowest BCUT2D eigenvalue weighted by molar-refractivity contribution is -0.140. The molecule has 1 heterocycles. The first kappa shape index (κ1) is 16.0. The minimum Gasteiger partial charge on any atom is -0.481 e. The van der Waals surface area contributed by atoms with Crippen molar-refractivity contribution >= 4 is 11.9 Å². The maximum atomic E-state index is 12.6. The van der Waals surface area contributed by atoms with Crippen LogP contribution in [-0.4, -0.2) is 47.7 Å². The van der Waals surface area contributed by atoms with Crippen LogP contribution in [0.3, 0.4) is 0 Å². The number of carboxylic acid groups (broad SMARTS) is 1. The molecule has 0 aromatic heterocycles. The van der Waals surface area contributed by atoms with E-state index in [1.807, 2.05) is 0 Å². The predicted octanol–water partition coefficient (Wildman–Crippen LogP) is 2.36. The van der Waals surface area contributed by atoms with Crippen LogP contribution in [0.4, 0.5) is 0 Å². The summed E-state index contributed by atoms with van der Waals surface area (Å²) in [5, 5.41) is 8.89. The highest BCUT2D eigenvalue weighted by Crippen LogP contribution is 2.23. The SMILES string of the molecule is O=C(O)CCN(C(=O)CC1=CCCCC1)C1CCOCC1. The molecule has 2 rings (SSSR count). The van der Waals surface area contributed by atoms with E-state index in [0.29, 0.717) is 26.2 Å². The van der Waals surface area contributed by atoms with Crippen molar-refractivity contribution in [3.63, 3.8) is 0 Å². The third-order valence-corrected chi connectivity index (χ3v) is 4.28. The Hall–Kier alpha value is -1.36. The highest BCUT2D eigenvalue weighted by Gasteiger charge is 2.26. The molecule has 21 heavy (non-hydrogen) atoms. The van der Waals surface area contributed by atoms with Gasteiger partial charge in [0.15, 0.2) is 0 Å². The van der Waals surface area contributed by atoms with Gasteiger partial charge in [0.1, 0.15) is 0 Å². The van der Waals surface area contributed by atoms with Crippen LogP contribution >= 0.6 is 0 Å². The topological polar surface area (TPSA) is 66.8 Å². The summed E-state index contributed by atoms with van der Waals surface area (Å²) in [7, 11) is 0. The summed E-state index contributed by atoms with van der Waals surface area (Å²) in [4.78, 5) is 25.2. The Labute approximate surface area is 126 Å². The highest BCUT2D eigenvalue weighted by atomic mass is 16.5. The molecule has 0 saturated carbocycles. The van der Waals surface area contributed by atoms with Crippen molar-refractivity contribution in [1.29, 1.82) is 0 Å². The highest BCUT2D eigenvalue weighted by molar-refractivity contribution is 5.79. The third-order valence-electron chi connectivity index (χ3n) is 4.28. The lowest BCUT2D eigenvalue weighted by Gasteiger charge is -2.34. The van der Waals surface area contributed by atoms with E-state index >= 15 is 0 Å². The predicted molar refractivity (Wildman–Crippen MR) is 79.0 cm³/mol. The van der Waals surface area contributed by atoms with Crippen molar-refractivity contribution in [3.8, 4) is 0 Å². The van der Waals surface area contributed by atoms with Gasteiger partial charge in [-0.05, 0) is 38.5 Å². The second kappa shape index (κ2) is 8.17. The van der Waals surface area contributed by atoms with Gasteiger partial charge in [-0.3, -0.25) is 9.59 Å². The maximum absolute atomic E-state index is 12.6. The molecule has 0 bridgehead atoms. The fourth-order valence-electron chi connectivity index (χ4n) is 3.08. The largest absolute Gasteiger partial charge is 0.481 e. The van der Waals surface area contributed by atoms with E-state index in [1.165, 1.54) is 12.0 Å². The van der Waals surface area contributed by atoms with Crippen molar-refractivity contribution in [3.05, 3.63) is 11.6 Å². The Morgan fingerprint density at radius 1 is 1.29 bits per heavy atom. The summed E-state index contributed by atoms with van der Waals surface area (Å²) in [6.45, 7) is 1.63. The van der Waals surface area contributed by atoms with E-state index in [9.17, 15) is 9.59 Å². The number of allylic oxidation sites excluding steroid dienone is 1. The molecule has 5 nitrogen and oxygen atoms in total. The second-order valence-corrected chi connectivity index (χ2v) is 5.86. The first-order valence-corrected chi connectivity index (χ1v) is 7.93. The normalized spacial score (nSPS) is 19.9. The molecule has 2 aliphatic rings. The number of rotatable bonds is 6. The Balaban J connectivity index is 1.96. The van der Waals surface area contributed by atoms with Gasteiger partial charge in [-0.25, -0.2) is 0 Å². The van der Waals surface area contributed by atoms with Gasteiger partial charge in [0.2, 0.25) is 5.91 Å². The number of carbonyl (C=O) groups excluding carboxylic acids is 1. The zero-order chi connectivity index (χ0) is 15.1. The lowest BCUT2D eigenvalue weighted by atomic mass is 9.96. The molecule has 1 fully saturated rings. The molecule has 1 N–H and O–H groups in total. The first-order valence-electron chi connectivity index (χ1n) is 7.93. The molecule has 1 aliphatic heterocycles. The summed E-state index contributed by atoms with van der Waals surface area (Å²) in [6.07, 6.45) is 8.71. The zero-order valence-corrected chi connectivity index (χ0v) is 12.6. The van der Waals surface area contributed by atoms with Crippen LogP contribution < -0.4 is 0 Å². The van der Waals surface area contributed by atoms with Crippen molar-refractivity contribution in [2.24, 2.45) is 0 Å². The quantitative estimate of drug-likeness (QED) is 0.764. The fraction of sp³-hybridized carbons (Fsp3) is 0.750. The molecule has 118 valence electrons. The van der Waals surface area contributed by atoms with Gasteiger partial charge < -0.3 is 14.7 Å². The Kier molecular flexibility index (Phi) is 6.23. The van der Waals surface area contributed by atoms with E-state index < -0.39 is 5.97 Å². The Bertz CT molecular complexity index is 399. The fourth-order valence-corrected chi connectivity index (χ4v) is 3.08. The monoisotopic (exact) mass is 295 g/mol. The van der Waals surface area contributed by atoms with Crippen LogP contribution in [-0.2, 0) is 14.3 Å². The molecule has 5 heteroatoms. The summed E-state index contributed by atoms with van der Waals surface area (Å²) in [6, 6.07) is 0.134. The third kappa shape index (κ3) is 5.16. The molecule has 0 unspecified atom stereocenters. The molecule has 1 saturated heterocycles. The van der Waals surface area contributed by atoms with Gasteiger partial charge in [0, 0.05) is 32.2 Å². The molecule has 1 amide bonds. The van der Waals surface area contributed by atoms with Crippen LogP contribution in [0, 0.1) is 0 Å². The average molecular weight is 295 g/mol. The van der Waals surface area contributed by atoms with Gasteiger partial charge in [0.25, 0.3) is 0 Å². The number of hydrogen-bond donors (Lipinski definition) is 1. The minimum atomic E-state index is -0.850. The molecule has 1 aliphatic carbocycles. The van der Waals surface area contributed by atoms with Crippen LogP contribution in [0.5, 0.6) is 0 Å². The molecular weight excluding hydrogens is 270 g/mol. The van der Waals surface area contributed by atoms with Crippen molar-refractivity contribution in [1.82, 2.24) is 4.90 Å². The van der Waals surface area contributed by atoms with Gasteiger partial charge >= 0.3 is 5.97 Å². The van der Waals surface area contributed by atoms with Crippen molar-refractivity contribution in [2.75, 3.05) is 19.8 Å². The van der Waals surface area contributed by atoms with E-state index in [0.717, 1.165) is 32.1 Å². The lowest BCUT2D eigenvalue weighted by Crippen LogP contribution is -2.44. The van der Waals surface area contributed by atoms with Gasteiger partial charge in [0.05, 0.1) is 6.42 Å².